The van der Waals surface area contributed by atoms with Gasteiger partial charge >= 0.3 is 0 Å². The van der Waals surface area contributed by atoms with Crippen LogP contribution in [0.2, 0.25) is 0 Å². The lowest BCUT2D eigenvalue weighted by atomic mass is 9.98. The van der Waals surface area contributed by atoms with Crippen LogP contribution in [-0.2, 0) is 19.4 Å². The van der Waals surface area contributed by atoms with Gasteiger partial charge in [-0.05, 0) is 43.0 Å². The van der Waals surface area contributed by atoms with Gasteiger partial charge in [-0.15, -0.1) is 0 Å². The van der Waals surface area contributed by atoms with Crippen LogP contribution in [0.25, 0.3) is 11.0 Å². The highest BCUT2D eigenvalue weighted by Crippen LogP contribution is 2.22. The van der Waals surface area contributed by atoms with E-state index >= 15 is 0 Å². The molecule has 1 fully saturated rings. The second kappa shape index (κ2) is 5.79. The standard InChI is InChI=1S/C19H19N5O2/c25-18-7-13-2-1-3-15(13)22-24(18)10-12-8-23(9-12)19(26)14-4-5-16-17(6-14)21-11-20-16/h4-7,11-12H,1-3,8-10H2,(H,20,21). The second-order valence-electron chi connectivity index (χ2n) is 7.20. The number of aromatic nitrogens is 4. The Morgan fingerprint density at radius 2 is 2.12 bits per heavy atom. The van der Waals surface area contributed by atoms with Crippen LogP contribution in [0.15, 0.2) is 35.4 Å². The Kier molecular flexibility index (Phi) is 3.41. The summed E-state index contributed by atoms with van der Waals surface area (Å²) in [7, 11) is 0. The minimum Gasteiger partial charge on any atom is -0.345 e. The van der Waals surface area contributed by atoms with Crippen molar-refractivity contribution in [2.24, 2.45) is 5.92 Å². The maximum Gasteiger partial charge on any atom is 0.267 e. The minimum atomic E-state index is -0.0277. The molecular formula is C19H19N5O2. The molecule has 5 rings (SSSR count). The molecule has 132 valence electrons. The zero-order valence-corrected chi connectivity index (χ0v) is 14.3. The van der Waals surface area contributed by atoms with E-state index in [0.29, 0.717) is 25.2 Å². The summed E-state index contributed by atoms with van der Waals surface area (Å²) in [6.45, 7) is 1.89. The van der Waals surface area contributed by atoms with Gasteiger partial charge in [0.1, 0.15) is 0 Å². The lowest BCUT2D eigenvalue weighted by Crippen LogP contribution is -2.52. The Hall–Kier alpha value is -2.96. The molecule has 3 aromatic rings. The molecule has 7 nitrogen and oxygen atoms in total. The number of H-pyrrole nitrogens is 1. The number of carbonyl (C=O) groups is 1. The average molecular weight is 349 g/mol. The third-order valence-corrected chi connectivity index (χ3v) is 5.37. The Bertz CT molecular complexity index is 1060. The molecule has 1 aromatic carbocycles. The van der Waals surface area contributed by atoms with E-state index in [1.165, 1.54) is 0 Å². The molecule has 0 unspecified atom stereocenters. The number of hydrogen-bond donors (Lipinski definition) is 1. The normalized spacial score (nSPS) is 16.7. The number of benzene rings is 1. The van der Waals surface area contributed by atoms with Crippen LogP contribution in [0.3, 0.4) is 0 Å². The topological polar surface area (TPSA) is 83.9 Å². The van der Waals surface area contributed by atoms with Gasteiger partial charge in [0.25, 0.3) is 11.5 Å². The third-order valence-electron chi connectivity index (χ3n) is 5.37. The van der Waals surface area contributed by atoms with E-state index in [-0.39, 0.29) is 17.4 Å². The first-order chi connectivity index (χ1) is 12.7. The van der Waals surface area contributed by atoms with E-state index in [2.05, 4.69) is 15.1 Å². The molecular weight excluding hydrogens is 330 g/mol. The van der Waals surface area contributed by atoms with Crippen molar-refractivity contribution in [1.82, 2.24) is 24.6 Å². The number of nitrogens with zero attached hydrogens (tertiary/aromatic N) is 4. The zero-order valence-electron chi connectivity index (χ0n) is 14.3. The van der Waals surface area contributed by atoms with Gasteiger partial charge in [-0.25, -0.2) is 9.67 Å². The lowest BCUT2D eigenvalue weighted by molar-refractivity contribution is 0.0458. The smallest absolute Gasteiger partial charge is 0.267 e. The number of fused-ring (bicyclic) bond motifs is 2. The van der Waals surface area contributed by atoms with Gasteiger partial charge in [0, 0.05) is 30.6 Å². The monoisotopic (exact) mass is 349 g/mol. The van der Waals surface area contributed by atoms with Crippen molar-refractivity contribution < 1.29 is 4.79 Å². The van der Waals surface area contributed by atoms with Crippen LogP contribution in [-0.4, -0.2) is 43.6 Å². The number of rotatable bonds is 3. The fourth-order valence-corrected chi connectivity index (χ4v) is 3.92. The van der Waals surface area contributed by atoms with E-state index in [0.717, 1.165) is 41.6 Å². The second-order valence-corrected chi connectivity index (χ2v) is 7.20. The van der Waals surface area contributed by atoms with Gasteiger partial charge in [0.15, 0.2) is 0 Å². The Balaban J connectivity index is 1.26. The predicted molar refractivity (Wildman–Crippen MR) is 96.0 cm³/mol. The molecule has 0 saturated carbocycles. The average Bonchev–Trinajstić information content (AvgIpc) is 3.24. The van der Waals surface area contributed by atoms with Crippen LogP contribution in [0, 0.1) is 5.92 Å². The molecule has 1 N–H and O–H groups in total. The number of nitrogens with one attached hydrogen (secondary N) is 1. The van der Waals surface area contributed by atoms with Crippen LogP contribution >= 0.6 is 0 Å². The molecule has 0 spiro atoms. The predicted octanol–water partition coefficient (Wildman–Crippen LogP) is 1.38. The lowest BCUT2D eigenvalue weighted by Gasteiger charge is -2.39. The summed E-state index contributed by atoms with van der Waals surface area (Å²) >= 11 is 0. The highest BCUT2D eigenvalue weighted by atomic mass is 16.2. The molecule has 0 bridgehead atoms. The SMILES string of the molecule is O=C(c1ccc2nc[nH]c2c1)N1CC(Cn2nc3c(cc2=O)CCC3)C1. The van der Waals surface area contributed by atoms with Crippen LogP contribution < -0.4 is 5.56 Å². The molecule has 1 aliphatic heterocycles. The summed E-state index contributed by atoms with van der Waals surface area (Å²) in [6.07, 6.45) is 4.63. The van der Waals surface area contributed by atoms with Crippen molar-refractivity contribution in [2.75, 3.05) is 13.1 Å². The first-order valence-corrected chi connectivity index (χ1v) is 9.00. The molecule has 1 amide bonds. The molecule has 0 radical (unpaired) electrons. The summed E-state index contributed by atoms with van der Waals surface area (Å²) in [5.41, 5.74) is 4.51. The number of likely N-dealkylation sites (tertiary alicyclic amines) is 1. The summed E-state index contributed by atoms with van der Waals surface area (Å²) < 4.78 is 1.58. The molecule has 7 heteroatoms. The molecule has 1 aliphatic carbocycles. The molecule has 0 atom stereocenters. The maximum absolute atomic E-state index is 12.6. The number of aromatic amines is 1. The van der Waals surface area contributed by atoms with Gasteiger partial charge in [-0.3, -0.25) is 9.59 Å². The van der Waals surface area contributed by atoms with Gasteiger partial charge in [-0.2, -0.15) is 5.10 Å². The number of amides is 1. The highest BCUT2D eigenvalue weighted by Gasteiger charge is 2.32. The maximum atomic E-state index is 12.6. The van der Waals surface area contributed by atoms with Crippen molar-refractivity contribution in [2.45, 2.75) is 25.8 Å². The molecule has 2 aliphatic rings. The van der Waals surface area contributed by atoms with Crippen molar-refractivity contribution in [3.8, 4) is 0 Å². The van der Waals surface area contributed by atoms with Crippen molar-refractivity contribution in [3.63, 3.8) is 0 Å². The van der Waals surface area contributed by atoms with Gasteiger partial charge in [0.2, 0.25) is 0 Å². The molecule has 2 aromatic heterocycles. The summed E-state index contributed by atoms with van der Waals surface area (Å²) in [6, 6.07) is 7.23. The number of aryl methyl sites for hydroxylation is 2. The van der Waals surface area contributed by atoms with Crippen molar-refractivity contribution in [1.29, 1.82) is 0 Å². The summed E-state index contributed by atoms with van der Waals surface area (Å²) in [5.74, 6) is 0.298. The Morgan fingerprint density at radius 1 is 1.23 bits per heavy atom. The molecule has 26 heavy (non-hydrogen) atoms. The quantitative estimate of drug-likeness (QED) is 0.774. The van der Waals surface area contributed by atoms with E-state index in [9.17, 15) is 9.59 Å². The molecule has 3 heterocycles. The van der Waals surface area contributed by atoms with Gasteiger partial charge in [0.05, 0.1) is 29.6 Å². The van der Waals surface area contributed by atoms with Gasteiger partial charge in [-0.1, -0.05) is 0 Å². The van der Waals surface area contributed by atoms with E-state index < -0.39 is 0 Å². The third kappa shape index (κ3) is 2.51. The molecule has 1 saturated heterocycles. The van der Waals surface area contributed by atoms with Gasteiger partial charge < -0.3 is 9.88 Å². The minimum absolute atomic E-state index is 0.0204. The summed E-state index contributed by atoms with van der Waals surface area (Å²) in [4.78, 5) is 33.8. The first-order valence-electron chi connectivity index (χ1n) is 9.00. The van der Waals surface area contributed by atoms with Crippen LogP contribution in [0.4, 0.5) is 0 Å². The van der Waals surface area contributed by atoms with Crippen molar-refractivity contribution in [3.05, 3.63) is 57.8 Å². The number of hydrogen-bond acceptors (Lipinski definition) is 4. The van der Waals surface area contributed by atoms with E-state index in [1.54, 1.807) is 17.1 Å². The zero-order chi connectivity index (χ0) is 17.7. The van der Waals surface area contributed by atoms with E-state index in [4.69, 9.17) is 0 Å². The Morgan fingerprint density at radius 3 is 3.00 bits per heavy atom. The summed E-state index contributed by atoms with van der Waals surface area (Å²) in [5, 5.41) is 4.52. The fourth-order valence-electron chi connectivity index (χ4n) is 3.92. The largest absolute Gasteiger partial charge is 0.345 e. The fraction of sp³-hybridized carbons (Fsp3) is 0.368. The van der Waals surface area contributed by atoms with Crippen LogP contribution in [0.1, 0.15) is 28.0 Å². The highest BCUT2D eigenvalue weighted by molar-refractivity contribution is 5.97. The Labute approximate surface area is 149 Å². The first kappa shape index (κ1) is 15.3. The van der Waals surface area contributed by atoms with Crippen LogP contribution in [0.5, 0.6) is 0 Å². The van der Waals surface area contributed by atoms with Crippen molar-refractivity contribution >= 4 is 16.9 Å². The number of carbonyl (C=O) groups excluding carboxylic acids is 1. The number of imidazole rings is 1. The van der Waals surface area contributed by atoms with E-state index in [1.807, 2.05) is 23.1 Å².